The van der Waals surface area contributed by atoms with Crippen LogP contribution in [0.1, 0.15) is 5.56 Å². The molecule has 0 saturated heterocycles. The maximum atomic E-state index is 11.7. The number of alkyl halides is 1. The second-order valence-electron chi connectivity index (χ2n) is 2.01. The van der Waals surface area contributed by atoms with Crippen LogP contribution >= 0.6 is 15.9 Å². The van der Waals surface area contributed by atoms with E-state index in [1.807, 2.05) is 6.07 Å². The van der Waals surface area contributed by atoms with Crippen LogP contribution in [0.5, 0.6) is 5.75 Å². The zero-order valence-corrected chi connectivity index (χ0v) is 7.64. The van der Waals surface area contributed by atoms with Crippen molar-refractivity contribution in [2.45, 2.75) is 0 Å². The number of benzene rings is 1. The molecular formula is C8H5BrFNO. The van der Waals surface area contributed by atoms with Gasteiger partial charge in [0.15, 0.2) is 0 Å². The fraction of sp³-hybridized carbons (Fsp3) is 0.125. The lowest BCUT2D eigenvalue weighted by Gasteiger charge is -2.02. The van der Waals surface area contributed by atoms with Gasteiger partial charge in [0.05, 0.1) is 16.1 Å². The molecule has 1 aromatic rings. The molecule has 0 saturated carbocycles. The van der Waals surface area contributed by atoms with Crippen LogP contribution in [0.15, 0.2) is 22.7 Å². The average Bonchev–Trinajstić information content (AvgIpc) is 2.09. The Morgan fingerprint density at radius 1 is 1.58 bits per heavy atom. The molecule has 12 heavy (non-hydrogen) atoms. The first-order chi connectivity index (χ1) is 5.77. The smallest absolute Gasteiger partial charge is 0.228 e. The molecule has 0 fully saturated rings. The summed E-state index contributed by atoms with van der Waals surface area (Å²) in [7, 11) is 0. The second-order valence-corrected chi connectivity index (χ2v) is 2.86. The molecule has 1 rings (SSSR count). The van der Waals surface area contributed by atoms with Crippen molar-refractivity contribution in [1.29, 1.82) is 5.26 Å². The predicted octanol–water partition coefficient (Wildman–Crippen LogP) is 2.63. The number of hydrogen-bond donors (Lipinski definition) is 0. The van der Waals surface area contributed by atoms with Crippen molar-refractivity contribution in [3.05, 3.63) is 28.2 Å². The third-order valence-corrected chi connectivity index (χ3v) is 1.89. The topological polar surface area (TPSA) is 33.0 Å². The summed E-state index contributed by atoms with van der Waals surface area (Å²) in [5.74, 6) is 0.400. The Morgan fingerprint density at radius 2 is 2.33 bits per heavy atom. The van der Waals surface area contributed by atoms with E-state index in [-0.39, 0.29) is 0 Å². The molecule has 0 N–H and O–H groups in total. The molecule has 0 heterocycles. The highest BCUT2D eigenvalue weighted by Crippen LogP contribution is 2.25. The first kappa shape index (κ1) is 9.01. The van der Waals surface area contributed by atoms with E-state index in [0.717, 1.165) is 0 Å². The number of nitriles is 1. The van der Waals surface area contributed by atoms with Crippen molar-refractivity contribution in [2.24, 2.45) is 0 Å². The Balaban J connectivity index is 2.97. The molecular weight excluding hydrogens is 225 g/mol. The molecule has 0 bridgehead atoms. The molecule has 0 unspecified atom stereocenters. The molecule has 1 aromatic carbocycles. The number of rotatable bonds is 2. The first-order valence-corrected chi connectivity index (χ1v) is 3.95. The number of ether oxygens (including phenoxy) is 1. The van der Waals surface area contributed by atoms with Gasteiger partial charge in [0.25, 0.3) is 0 Å². The van der Waals surface area contributed by atoms with E-state index in [9.17, 15) is 4.39 Å². The fourth-order valence-corrected chi connectivity index (χ4v) is 1.24. The third kappa shape index (κ3) is 1.95. The van der Waals surface area contributed by atoms with Crippen molar-refractivity contribution in [3.63, 3.8) is 0 Å². The second kappa shape index (κ2) is 4.07. The summed E-state index contributed by atoms with van der Waals surface area (Å²) in [6.45, 7) is -0.871. The lowest BCUT2D eigenvalue weighted by atomic mass is 10.2. The molecule has 2 nitrogen and oxygen atoms in total. The van der Waals surface area contributed by atoms with E-state index < -0.39 is 6.86 Å². The maximum Gasteiger partial charge on any atom is 0.228 e. The monoisotopic (exact) mass is 229 g/mol. The van der Waals surface area contributed by atoms with Crippen LogP contribution in [-0.2, 0) is 0 Å². The van der Waals surface area contributed by atoms with E-state index in [1.54, 1.807) is 18.2 Å². The van der Waals surface area contributed by atoms with E-state index in [0.29, 0.717) is 15.8 Å². The number of nitrogens with zero attached hydrogens (tertiary/aromatic N) is 1. The van der Waals surface area contributed by atoms with Gasteiger partial charge in [-0.05, 0) is 34.1 Å². The molecule has 0 amide bonds. The molecule has 4 heteroatoms. The SMILES string of the molecule is N#Cc1ccc(OCF)c(Br)c1. The van der Waals surface area contributed by atoms with Crippen LogP contribution in [0.4, 0.5) is 4.39 Å². The molecule has 0 aliphatic carbocycles. The lowest BCUT2D eigenvalue weighted by Crippen LogP contribution is -1.90. The van der Waals surface area contributed by atoms with Gasteiger partial charge < -0.3 is 4.74 Å². The molecule has 0 aromatic heterocycles. The molecule has 0 radical (unpaired) electrons. The minimum absolute atomic E-state index is 0.400. The average molecular weight is 230 g/mol. The number of halogens is 2. The summed E-state index contributed by atoms with van der Waals surface area (Å²) in [6.07, 6.45) is 0. The van der Waals surface area contributed by atoms with Crippen molar-refractivity contribution in [2.75, 3.05) is 6.86 Å². The summed E-state index contributed by atoms with van der Waals surface area (Å²) >= 11 is 3.15. The standard InChI is InChI=1S/C8H5BrFNO/c9-7-3-6(4-11)1-2-8(7)12-5-10/h1-3H,5H2. The third-order valence-electron chi connectivity index (χ3n) is 1.27. The van der Waals surface area contributed by atoms with Gasteiger partial charge in [-0.2, -0.15) is 5.26 Å². The Kier molecular flexibility index (Phi) is 3.06. The van der Waals surface area contributed by atoms with Gasteiger partial charge in [-0.1, -0.05) is 0 Å². The van der Waals surface area contributed by atoms with Crippen LogP contribution in [-0.4, -0.2) is 6.86 Å². The summed E-state index contributed by atoms with van der Waals surface area (Å²) in [5, 5.41) is 8.50. The van der Waals surface area contributed by atoms with E-state index in [2.05, 4.69) is 20.7 Å². The molecule has 0 atom stereocenters. The minimum Gasteiger partial charge on any atom is -0.462 e. The maximum absolute atomic E-state index is 11.7. The first-order valence-electron chi connectivity index (χ1n) is 3.16. The summed E-state index contributed by atoms with van der Waals surface area (Å²) in [5.41, 5.74) is 0.507. The summed E-state index contributed by atoms with van der Waals surface area (Å²) in [6, 6.07) is 6.64. The van der Waals surface area contributed by atoms with Crippen LogP contribution in [0, 0.1) is 11.3 Å². The Labute approximate surface area is 77.7 Å². The largest absolute Gasteiger partial charge is 0.462 e. The van der Waals surface area contributed by atoms with E-state index in [4.69, 9.17) is 5.26 Å². The minimum atomic E-state index is -0.871. The molecule has 0 aliphatic rings. The Morgan fingerprint density at radius 3 is 2.83 bits per heavy atom. The van der Waals surface area contributed by atoms with Crippen LogP contribution < -0.4 is 4.74 Å². The number of hydrogen-bond acceptors (Lipinski definition) is 2. The Hall–Kier alpha value is -1.08. The normalized spacial score (nSPS) is 9.08. The molecule has 0 aliphatic heterocycles. The fourth-order valence-electron chi connectivity index (χ4n) is 0.746. The predicted molar refractivity (Wildman–Crippen MR) is 45.5 cm³/mol. The van der Waals surface area contributed by atoms with Crippen LogP contribution in [0.2, 0.25) is 0 Å². The van der Waals surface area contributed by atoms with Gasteiger partial charge in [-0.3, -0.25) is 0 Å². The highest BCUT2D eigenvalue weighted by atomic mass is 79.9. The van der Waals surface area contributed by atoms with Crippen molar-refractivity contribution >= 4 is 15.9 Å². The Bertz CT molecular complexity index is 321. The van der Waals surface area contributed by atoms with E-state index >= 15 is 0 Å². The zero-order valence-electron chi connectivity index (χ0n) is 6.05. The highest BCUT2D eigenvalue weighted by molar-refractivity contribution is 9.10. The lowest BCUT2D eigenvalue weighted by molar-refractivity contribution is 0.190. The quantitative estimate of drug-likeness (QED) is 0.782. The highest BCUT2D eigenvalue weighted by Gasteiger charge is 2.01. The summed E-state index contributed by atoms with van der Waals surface area (Å²) < 4.78 is 16.9. The van der Waals surface area contributed by atoms with E-state index in [1.165, 1.54) is 0 Å². The van der Waals surface area contributed by atoms with Gasteiger partial charge in [0, 0.05) is 0 Å². The van der Waals surface area contributed by atoms with Crippen LogP contribution in [0.3, 0.4) is 0 Å². The molecule has 62 valence electrons. The van der Waals surface area contributed by atoms with Gasteiger partial charge in [-0.25, -0.2) is 4.39 Å². The zero-order chi connectivity index (χ0) is 8.97. The van der Waals surface area contributed by atoms with Crippen molar-refractivity contribution in [1.82, 2.24) is 0 Å². The van der Waals surface area contributed by atoms with Crippen molar-refractivity contribution < 1.29 is 9.13 Å². The van der Waals surface area contributed by atoms with Gasteiger partial charge in [0.2, 0.25) is 6.86 Å². The van der Waals surface area contributed by atoms with Gasteiger partial charge in [0.1, 0.15) is 5.75 Å². The van der Waals surface area contributed by atoms with Gasteiger partial charge in [-0.15, -0.1) is 0 Å². The van der Waals surface area contributed by atoms with Gasteiger partial charge >= 0.3 is 0 Å². The van der Waals surface area contributed by atoms with Crippen LogP contribution in [0.25, 0.3) is 0 Å². The van der Waals surface area contributed by atoms with Crippen molar-refractivity contribution in [3.8, 4) is 11.8 Å². The summed E-state index contributed by atoms with van der Waals surface area (Å²) in [4.78, 5) is 0. The molecule has 0 spiro atoms.